The van der Waals surface area contributed by atoms with Crippen molar-refractivity contribution >= 4 is 11.4 Å². The van der Waals surface area contributed by atoms with E-state index in [0.717, 1.165) is 11.4 Å². The molecule has 0 aliphatic rings. The molecule has 1 aromatic heterocycles. The lowest BCUT2D eigenvalue weighted by molar-refractivity contribution is 0.342. The van der Waals surface area contributed by atoms with E-state index in [1.54, 1.807) is 12.4 Å². The number of aromatic nitrogens is 1. The summed E-state index contributed by atoms with van der Waals surface area (Å²) >= 11 is 0. The van der Waals surface area contributed by atoms with Crippen molar-refractivity contribution in [2.45, 2.75) is 19.9 Å². The molecular formula is C15H19N3O. The van der Waals surface area contributed by atoms with E-state index in [2.05, 4.69) is 17.2 Å². The third kappa shape index (κ3) is 3.37. The molecule has 4 nitrogen and oxygen atoms in total. The van der Waals surface area contributed by atoms with E-state index in [4.69, 9.17) is 10.5 Å². The van der Waals surface area contributed by atoms with Gasteiger partial charge in [-0.05, 0) is 43.7 Å². The predicted octanol–water partition coefficient (Wildman–Crippen LogP) is 3.24. The number of hydrogen-bond donors (Lipinski definition) is 2. The molecule has 2 aromatic rings. The van der Waals surface area contributed by atoms with Crippen LogP contribution in [0.25, 0.3) is 0 Å². The summed E-state index contributed by atoms with van der Waals surface area (Å²) in [4.78, 5) is 4.02. The van der Waals surface area contributed by atoms with Gasteiger partial charge in [-0.2, -0.15) is 0 Å². The Morgan fingerprint density at radius 1 is 1.26 bits per heavy atom. The maximum atomic E-state index is 5.86. The second-order valence-electron chi connectivity index (χ2n) is 4.33. The van der Waals surface area contributed by atoms with Crippen LogP contribution in [0, 0.1) is 0 Å². The molecule has 0 saturated heterocycles. The quantitative estimate of drug-likeness (QED) is 0.807. The van der Waals surface area contributed by atoms with E-state index in [1.807, 2.05) is 37.3 Å². The maximum absolute atomic E-state index is 5.86. The third-order valence-electron chi connectivity index (χ3n) is 2.90. The topological polar surface area (TPSA) is 60.2 Å². The molecule has 19 heavy (non-hydrogen) atoms. The van der Waals surface area contributed by atoms with Gasteiger partial charge in [-0.15, -0.1) is 0 Å². The average molecular weight is 257 g/mol. The second kappa shape index (κ2) is 6.09. The highest BCUT2D eigenvalue weighted by atomic mass is 16.5. The van der Waals surface area contributed by atoms with Crippen molar-refractivity contribution in [1.82, 2.24) is 4.98 Å². The minimum absolute atomic E-state index is 0.195. The van der Waals surface area contributed by atoms with Crippen molar-refractivity contribution in [3.63, 3.8) is 0 Å². The van der Waals surface area contributed by atoms with Crippen LogP contribution < -0.4 is 15.8 Å². The van der Waals surface area contributed by atoms with Gasteiger partial charge in [0.2, 0.25) is 0 Å². The summed E-state index contributed by atoms with van der Waals surface area (Å²) in [7, 11) is 0. The summed E-state index contributed by atoms with van der Waals surface area (Å²) in [5.74, 6) is 0.717. The Morgan fingerprint density at radius 2 is 2.00 bits per heavy atom. The smallest absolute Gasteiger partial charge is 0.144 e. The van der Waals surface area contributed by atoms with Crippen molar-refractivity contribution in [2.75, 3.05) is 17.7 Å². The van der Waals surface area contributed by atoms with Crippen LogP contribution in [0.2, 0.25) is 0 Å². The van der Waals surface area contributed by atoms with Gasteiger partial charge in [0.15, 0.2) is 0 Å². The van der Waals surface area contributed by atoms with Crippen LogP contribution in [0.15, 0.2) is 42.7 Å². The molecule has 4 heteroatoms. The zero-order valence-electron chi connectivity index (χ0n) is 11.3. The normalized spacial score (nSPS) is 11.9. The third-order valence-corrected chi connectivity index (χ3v) is 2.90. The van der Waals surface area contributed by atoms with E-state index < -0.39 is 0 Å². The van der Waals surface area contributed by atoms with Crippen molar-refractivity contribution in [3.05, 3.63) is 48.3 Å². The Balaban J connectivity index is 2.13. The summed E-state index contributed by atoms with van der Waals surface area (Å²) in [6, 6.07) is 9.93. The molecule has 0 radical (unpaired) electrons. The van der Waals surface area contributed by atoms with Crippen LogP contribution in [0.1, 0.15) is 25.5 Å². The van der Waals surface area contributed by atoms with Gasteiger partial charge in [0.25, 0.3) is 0 Å². The molecule has 2 rings (SSSR count). The average Bonchev–Trinajstić information content (AvgIpc) is 2.44. The molecule has 0 aliphatic carbocycles. The van der Waals surface area contributed by atoms with Gasteiger partial charge in [-0.1, -0.05) is 0 Å². The first-order valence-corrected chi connectivity index (χ1v) is 6.39. The first kappa shape index (κ1) is 13.2. The number of nitrogens with one attached hydrogen (secondary N) is 1. The summed E-state index contributed by atoms with van der Waals surface area (Å²) < 4.78 is 5.49. The van der Waals surface area contributed by atoms with E-state index in [-0.39, 0.29) is 6.04 Å². The fourth-order valence-electron chi connectivity index (χ4n) is 1.89. The molecule has 1 unspecified atom stereocenters. The SMILES string of the molecule is CCOc1cc(NC(C)c2ccncc2)ccc1N. The monoisotopic (exact) mass is 257 g/mol. The lowest BCUT2D eigenvalue weighted by Crippen LogP contribution is -2.07. The number of ether oxygens (including phenoxy) is 1. The molecule has 1 atom stereocenters. The first-order valence-electron chi connectivity index (χ1n) is 6.39. The van der Waals surface area contributed by atoms with Gasteiger partial charge in [-0.3, -0.25) is 4.98 Å². The number of anilines is 2. The Morgan fingerprint density at radius 3 is 2.68 bits per heavy atom. The van der Waals surface area contributed by atoms with Gasteiger partial charge >= 0.3 is 0 Å². The van der Waals surface area contributed by atoms with E-state index >= 15 is 0 Å². The molecule has 0 amide bonds. The van der Waals surface area contributed by atoms with Gasteiger partial charge in [0, 0.05) is 30.2 Å². The van der Waals surface area contributed by atoms with E-state index in [9.17, 15) is 0 Å². The predicted molar refractivity (Wildman–Crippen MR) is 78.3 cm³/mol. The highest BCUT2D eigenvalue weighted by Crippen LogP contribution is 2.27. The lowest BCUT2D eigenvalue weighted by Gasteiger charge is -2.17. The summed E-state index contributed by atoms with van der Waals surface area (Å²) in [6.07, 6.45) is 3.59. The van der Waals surface area contributed by atoms with Crippen molar-refractivity contribution in [2.24, 2.45) is 0 Å². The number of pyridine rings is 1. The number of nitrogens with zero attached hydrogens (tertiary/aromatic N) is 1. The molecule has 1 aromatic carbocycles. The Kier molecular flexibility index (Phi) is 4.23. The Bertz CT molecular complexity index is 528. The summed E-state index contributed by atoms with van der Waals surface area (Å²) in [5.41, 5.74) is 8.69. The minimum Gasteiger partial charge on any atom is -0.492 e. The van der Waals surface area contributed by atoms with Crippen LogP contribution in [0.4, 0.5) is 11.4 Å². The summed E-state index contributed by atoms with van der Waals surface area (Å²) in [5, 5.41) is 3.42. The molecule has 3 N–H and O–H groups in total. The molecule has 0 bridgehead atoms. The van der Waals surface area contributed by atoms with Crippen LogP contribution in [-0.2, 0) is 0 Å². The van der Waals surface area contributed by atoms with E-state index in [1.165, 1.54) is 5.56 Å². The molecule has 0 saturated carbocycles. The van der Waals surface area contributed by atoms with Gasteiger partial charge in [-0.25, -0.2) is 0 Å². The maximum Gasteiger partial charge on any atom is 0.144 e. The van der Waals surface area contributed by atoms with Gasteiger partial charge < -0.3 is 15.8 Å². The Labute approximate surface area is 113 Å². The number of nitrogen functional groups attached to an aromatic ring is 1. The molecule has 1 heterocycles. The zero-order chi connectivity index (χ0) is 13.7. The van der Waals surface area contributed by atoms with Gasteiger partial charge in [0.05, 0.1) is 12.3 Å². The largest absolute Gasteiger partial charge is 0.492 e. The molecule has 0 aliphatic heterocycles. The highest BCUT2D eigenvalue weighted by Gasteiger charge is 2.07. The fraction of sp³-hybridized carbons (Fsp3) is 0.267. The summed E-state index contributed by atoms with van der Waals surface area (Å²) in [6.45, 7) is 4.65. The van der Waals surface area contributed by atoms with Crippen LogP contribution >= 0.6 is 0 Å². The number of rotatable bonds is 5. The van der Waals surface area contributed by atoms with Crippen LogP contribution in [0.5, 0.6) is 5.75 Å². The fourth-order valence-corrected chi connectivity index (χ4v) is 1.89. The number of hydrogen-bond acceptors (Lipinski definition) is 4. The van der Waals surface area contributed by atoms with Crippen molar-refractivity contribution in [1.29, 1.82) is 0 Å². The number of benzene rings is 1. The van der Waals surface area contributed by atoms with Crippen LogP contribution in [-0.4, -0.2) is 11.6 Å². The lowest BCUT2D eigenvalue weighted by atomic mass is 10.1. The molecular weight excluding hydrogens is 238 g/mol. The Hall–Kier alpha value is -2.23. The van der Waals surface area contributed by atoms with Crippen molar-refractivity contribution < 1.29 is 4.74 Å². The molecule has 0 fully saturated rings. The van der Waals surface area contributed by atoms with Crippen LogP contribution in [0.3, 0.4) is 0 Å². The first-order chi connectivity index (χ1) is 9.20. The highest BCUT2D eigenvalue weighted by molar-refractivity contribution is 5.61. The molecule has 100 valence electrons. The van der Waals surface area contributed by atoms with Gasteiger partial charge in [0.1, 0.15) is 5.75 Å². The van der Waals surface area contributed by atoms with E-state index in [0.29, 0.717) is 12.3 Å². The number of nitrogens with two attached hydrogens (primary N) is 1. The zero-order valence-corrected chi connectivity index (χ0v) is 11.3. The minimum atomic E-state index is 0.195. The van der Waals surface area contributed by atoms with Crippen molar-refractivity contribution in [3.8, 4) is 5.75 Å². The second-order valence-corrected chi connectivity index (χ2v) is 4.33. The standard InChI is InChI=1S/C15H19N3O/c1-3-19-15-10-13(4-5-14(15)16)18-11(2)12-6-8-17-9-7-12/h4-11,18H,3,16H2,1-2H3. The molecule has 0 spiro atoms.